The summed E-state index contributed by atoms with van der Waals surface area (Å²) in [7, 11) is 3.38. The van der Waals surface area contributed by atoms with Crippen molar-refractivity contribution in [3.8, 4) is 23.0 Å². The average Bonchev–Trinajstić information content (AvgIpc) is 2.73. The highest BCUT2D eigenvalue weighted by molar-refractivity contribution is 5.53. The predicted octanol–water partition coefficient (Wildman–Crippen LogP) is 4.76. The van der Waals surface area contributed by atoms with Gasteiger partial charge in [-0.05, 0) is 66.6 Å². The van der Waals surface area contributed by atoms with E-state index in [4.69, 9.17) is 18.9 Å². The maximum Gasteiger partial charge on any atom is 0.161 e. The second-order valence-corrected chi connectivity index (χ2v) is 7.71. The molecule has 0 spiro atoms. The van der Waals surface area contributed by atoms with Gasteiger partial charge < -0.3 is 24.3 Å². The van der Waals surface area contributed by atoms with E-state index in [1.807, 2.05) is 13.0 Å². The lowest BCUT2D eigenvalue weighted by Crippen LogP contribution is -2.30. The summed E-state index contributed by atoms with van der Waals surface area (Å²) in [5, 5.41) is 3.63. The van der Waals surface area contributed by atoms with Crippen LogP contribution in [0.15, 0.2) is 30.3 Å². The van der Waals surface area contributed by atoms with Crippen molar-refractivity contribution in [3.63, 3.8) is 0 Å². The second-order valence-electron chi connectivity index (χ2n) is 7.71. The lowest BCUT2D eigenvalue weighted by Gasteiger charge is -2.29. The highest BCUT2D eigenvalue weighted by atomic mass is 16.5. The first kappa shape index (κ1) is 21.3. The molecule has 2 aromatic carbocycles. The molecule has 0 radical (unpaired) electrons. The molecule has 1 unspecified atom stereocenters. The number of fused-ring (bicyclic) bond motifs is 1. The largest absolute Gasteiger partial charge is 0.493 e. The van der Waals surface area contributed by atoms with Crippen LogP contribution in [-0.4, -0.2) is 34.0 Å². The topological polar surface area (TPSA) is 49.0 Å². The summed E-state index contributed by atoms with van der Waals surface area (Å²) in [6.45, 7) is 8.57. The molecule has 0 bridgehead atoms. The molecule has 0 aliphatic carbocycles. The molecule has 1 heterocycles. The number of rotatable bonds is 9. The molecule has 3 rings (SSSR count). The molecule has 158 valence electrons. The third-order valence-electron chi connectivity index (χ3n) is 5.25. The van der Waals surface area contributed by atoms with Crippen LogP contribution in [0, 0.1) is 5.92 Å². The van der Waals surface area contributed by atoms with Crippen molar-refractivity contribution in [1.29, 1.82) is 0 Å². The summed E-state index contributed by atoms with van der Waals surface area (Å²) >= 11 is 0. The Morgan fingerprint density at radius 1 is 0.966 bits per heavy atom. The summed E-state index contributed by atoms with van der Waals surface area (Å²) in [5.74, 6) is 3.73. The monoisotopic (exact) mass is 399 g/mol. The Morgan fingerprint density at radius 2 is 1.72 bits per heavy atom. The van der Waals surface area contributed by atoms with Crippen LogP contribution in [0.25, 0.3) is 0 Å². The SMILES string of the molecule is CCOc1cc2c(cc1OC)CCNC2c1ccc(OCCC(C)C)c(OC)c1. The van der Waals surface area contributed by atoms with Gasteiger partial charge >= 0.3 is 0 Å². The number of benzene rings is 2. The van der Waals surface area contributed by atoms with Crippen LogP contribution in [0.3, 0.4) is 0 Å². The summed E-state index contributed by atoms with van der Waals surface area (Å²) < 4.78 is 22.9. The minimum atomic E-state index is 0.0717. The minimum absolute atomic E-state index is 0.0717. The zero-order valence-electron chi connectivity index (χ0n) is 18.2. The van der Waals surface area contributed by atoms with E-state index in [-0.39, 0.29) is 6.04 Å². The minimum Gasteiger partial charge on any atom is -0.493 e. The van der Waals surface area contributed by atoms with E-state index in [0.717, 1.165) is 47.9 Å². The molecular formula is C24H33NO4. The third kappa shape index (κ3) is 4.96. The van der Waals surface area contributed by atoms with Crippen molar-refractivity contribution in [2.45, 2.75) is 39.7 Å². The van der Waals surface area contributed by atoms with Crippen LogP contribution in [0.5, 0.6) is 23.0 Å². The van der Waals surface area contributed by atoms with Crippen molar-refractivity contribution in [2.24, 2.45) is 5.92 Å². The standard InChI is InChI=1S/C24H33NO4/c1-6-28-23-15-19-17(13-22(23)27-5)9-11-25-24(19)18-7-8-20(21(14-18)26-4)29-12-10-16(2)3/h7-8,13-16,24-25H,6,9-12H2,1-5H3. The highest BCUT2D eigenvalue weighted by Gasteiger charge is 2.25. The fourth-order valence-corrected chi connectivity index (χ4v) is 3.68. The number of hydrogen-bond donors (Lipinski definition) is 1. The second kappa shape index (κ2) is 9.88. The average molecular weight is 400 g/mol. The van der Waals surface area contributed by atoms with Gasteiger partial charge in [0, 0.05) is 6.54 Å². The number of hydrogen-bond acceptors (Lipinski definition) is 5. The molecule has 5 nitrogen and oxygen atoms in total. The van der Waals surface area contributed by atoms with Gasteiger partial charge in [0.05, 0.1) is 33.5 Å². The maximum atomic E-state index is 5.95. The predicted molar refractivity (Wildman–Crippen MR) is 116 cm³/mol. The van der Waals surface area contributed by atoms with E-state index in [1.165, 1.54) is 11.1 Å². The van der Waals surface area contributed by atoms with Gasteiger partial charge in [0.25, 0.3) is 0 Å². The van der Waals surface area contributed by atoms with E-state index in [1.54, 1.807) is 14.2 Å². The fraction of sp³-hybridized carbons (Fsp3) is 0.500. The van der Waals surface area contributed by atoms with Crippen LogP contribution in [0.1, 0.15) is 49.9 Å². The quantitative estimate of drug-likeness (QED) is 0.659. The molecule has 0 fully saturated rings. The Balaban J connectivity index is 1.90. The Hall–Kier alpha value is -2.40. The lowest BCUT2D eigenvalue weighted by molar-refractivity contribution is 0.272. The van der Waals surface area contributed by atoms with Crippen LogP contribution >= 0.6 is 0 Å². The molecule has 29 heavy (non-hydrogen) atoms. The number of nitrogens with one attached hydrogen (secondary N) is 1. The smallest absolute Gasteiger partial charge is 0.161 e. The van der Waals surface area contributed by atoms with Crippen molar-refractivity contribution in [3.05, 3.63) is 47.0 Å². The molecule has 0 amide bonds. The summed E-state index contributed by atoms with van der Waals surface area (Å²) in [5.41, 5.74) is 3.65. The Kier molecular flexibility index (Phi) is 7.26. The van der Waals surface area contributed by atoms with E-state index < -0.39 is 0 Å². The molecule has 5 heteroatoms. The molecule has 0 saturated carbocycles. The van der Waals surface area contributed by atoms with Crippen LogP contribution < -0.4 is 24.3 Å². The van der Waals surface area contributed by atoms with Gasteiger partial charge in [0.15, 0.2) is 23.0 Å². The first-order valence-corrected chi connectivity index (χ1v) is 10.4. The van der Waals surface area contributed by atoms with Crippen LogP contribution in [0.4, 0.5) is 0 Å². The van der Waals surface area contributed by atoms with Crippen molar-refractivity contribution in [1.82, 2.24) is 5.32 Å². The number of ether oxygens (including phenoxy) is 4. The van der Waals surface area contributed by atoms with E-state index in [9.17, 15) is 0 Å². The van der Waals surface area contributed by atoms with Gasteiger partial charge in [0.1, 0.15) is 0 Å². The molecule has 1 atom stereocenters. The van der Waals surface area contributed by atoms with Gasteiger partial charge in [-0.3, -0.25) is 0 Å². The van der Waals surface area contributed by atoms with Gasteiger partial charge in [-0.25, -0.2) is 0 Å². The van der Waals surface area contributed by atoms with Crippen LogP contribution in [-0.2, 0) is 6.42 Å². The van der Waals surface area contributed by atoms with Crippen molar-refractivity contribution < 1.29 is 18.9 Å². The molecule has 2 aromatic rings. The third-order valence-corrected chi connectivity index (χ3v) is 5.25. The molecule has 0 aromatic heterocycles. The highest BCUT2D eigenvalue weighted by Crippen LogP contribution is 2.39. The van der Waals surface area contributed by atoms with E-state index in [2.05, 4.69) is 43.4 Å². The van der Waals surface area contributed by atoms with Gasteiger partial charge in [-0.15, -0.1) is 0 Å². The molecule has 1 N–H and O–H groups in total. The van der Waals surface area contributed by atoms with E-state index in [0.29, 0.717) is 19.1 Å². The Bertz CT molecular complexity index is 819. The van der Waals surface area contributed by atoms with E-state index >= 15 is 0 Å². The van der Waals surface area contributed by atoms with Crippen molar-refractivity contribution in [2.75, 3.05) is 34.0 Å². The Labute approximate surface area is 174 Å². The zero-order chi connectivity index (χ0) is 20.8. The summed E-state index contributed by atoms with van der Waals surface area (Å²) in [6, 6.07) is 10.5. The molecule has 1 aliphatic heterocycles. The van der Waals surface area contributed by atoms with Crippen LogP contribution in [0.2, 0.25) is 0 Å². The molecular weight excluding hydrogens is 366 g/mol. The summed E-state index contributed by atoms with van der Waals surface area (Å²) in [4.78, 5) is 0. The van der Waals surface area contributed by atoms with Gasteiger partial charge in [-0.1, -0.05) is 19.9 Å². The lowest BCUT2D eigenvalue weighted by atomic mass is 9.89. The normalized spacial score (nSPS) is 15.7. The van der Waals surface area contributed by atoms with Gasteiger partial charge in [-0.2, -0.15) is 0 Å². The number of methoxy groups -OCH3 is 2. The molecule has 0 saturated heterocycles. The maximum absolute atomic E-state index is 5.95. The first-order valence-electron chi connectivity index (χ1n) is 10.4. The summed E-state index contributed by atoms with van der Waals surface area (Å²) in [6.07, 6.45) is 1.98. The van der Waals surface area contributed by atoms with Gasteiger partial charge in [0.2, 0.25) is 0 Å². The fourth-order valence-electron chi connectivity index (χ4n) is 3.68. The Morgan fingerprint density at radius 3 is 2.41 bits per heavy atom. The zero-order valence-corrected chi connectivity index (χ0v) is 18.2. The first-order chi connectivity index (χ1) is 14.1. The van der Waals surface area contributed by atoms with Crippen molar-refractivity contribution >= 4 is 0 Å². The molecule has 1 aliphatic rings.